The van der Waals surface area contributed by atoms with Crippen molar-refractivity contribution in [1.29, 1.82) is 0 Å². The number of hydrogen-bond acceptors (Lipinski definition) is 2. The predicted octanol–water partition coefficient (Wildman–Crippen LogP) is 2.29. The van der Waals surface area contributed by atoms with E-state index < -0.39 is 5.60 Å². The lowest BCUT2D eigenvalue weighted by atomic mass is 9.89. The lowest BCUT2D eigenvalue weighted by molar-refractivity contribution is -0.0952. The Morgan fingerprint density at radius 2 is 2.07 bits per heavy atom. The number of ether oxygens (including phenoxy) is 1. The quantitative estimate of drug-likeness (QED) is 0.739. The molecule has 2 atom stereocenters. The molecule has 0 bridgehead atoms. The van der Waals surface area contributed by atoms with Gasteiger partial charge < -0.3 is 9.84 Å². The van der Waals surface area contributed by atoms with Crippen LogP contribution in [-0.4, -0.2) is 17.3 Å². The van der Waals surface area contributed by atoms with Gasteiger partial charge in [0.05, 0.1) is 18.3 Å². The number of hydrogen-bond donors (Lipinski definition) is 1. The molecule has 76 valence electrons. The summed E-state index contributed by atoms with van der Waals surface area (Å²) in [6.07, 6.45) is 1.48. The molecular weight excluding hydrogens is 176 g/mol. The van der Waals surface area contributed by atoms with E-state index in [1.54, 1.807) is 0 Å². The van der Waals surface area contributed by atoms with Crippen LogP contribution in [0.4, 0.5) is 0 Å². The average molecular weight is 192 g/mol. The first-order valence-electron chi connectivity index (χ1n) is 5.06. The van der Waals surface area contributed by atoms with Crippen LogP contribution in [0, 0.1) is 0 Å². The fourth-order valence-electron chi connectivity index (χ4n) is 1.86. The van der Waals surface area contributed by atoms with Gasteiger partial charge in [-0.2, -0.15) is 0 Å². The summed E-state index contributed by atoms with van der Waals surface area (Å²) in [7, 11) is 0. The van der Waals surface area contributed by atoms with Gasteiger partial charge in [-0.3, -0.25) is 0 Å². The summed E-state index contributed by atoms with van der Waals surface area (Å²) in [5, 5.41) is 9.93. The van der Waals surface area contributed by atoms with Gasteiger partial charge in [0, 0.05) is 6.42 Å². The summed E-state index contributed by atoms with van der Waals surface area (Å²) in [5.41, 5.74) is 0.589. The van der Waals surface area contributed by atoms with Crippen molar-refractivity contribution in [3.8, 4) is 0 Å². The lowest BCUT2D eigenvalue weighted by Crippen LogP contribution is -2.34. The molecule has 1 N–H and O–H groups in total. The van der Waals surface area contributed by atoms with Gasteiger partial charge in [-0.15, -0.1) is 0 Å². The molecule has 14 heavy (non-hydrogen) atoms. The maximum absolute atomic E-state index is 9.93. The smallest absolute Gasteiger partial charge is 0.0852 e. The van der Waals surface area contributed by atoms with E-state index in [0.29, 0.717) is 13.0 Å². The third-order valence-electron chi connectivity index (χ3n) is 2.76. The molecular formula is C12H16O2. The van der Waals surface area contributed by atoms with Crippen LogP contribution < -0.4 is 0 Å². The van der Waals surface area contributed by atoms with E-state index in [1.807, 2.05) is 37.3 Å². The van der Waals surface area contributed by atoms with E-state index in [0.717, 1.165) is 12.0 Å². The van der Waals surface area contributed by atoms with Crippen molar-refractivity contribution < 1.29 is 9.84 Å². The molecule has 0 aliphatic carbocycles. The molecule has 1 aromatic carbocycles. The Hall–Kier alpha value is -0.860. The summed E-state index contributed by atoms with van der Waals surface area (Å²) < 4.78 is 5.64. The van der Waals surface area contributed by atoms with Crippen LogP contribution in [0.2, 0.25) is 0 Å². The maximum Gasteiger partial charge on any atom is 0.0852 e. The van der Waals surface area contributed by atoms with Gasteiger partial charge in [0.15, 0.2) is 0 Å². The second kappa shape index (κ2) is 3.71. The Balaban J connectivity index is 2.12. The van der Waals surface area contributed by atoms with Crippen LogP contribution in [0.15, 0.2) is 30.3 Å². The molecule has 1 heterocycles. The molecule has 1 fully saturated rings. The highest BCUT2D eigenvalue weighted by atomic mass is 16.5. The van der Waals surface area contributed by atoms with Crippen LogP contribution in [0.5, 0.6) is 0 Å². The van der Waals surface area contributed by atoms with Crippen LogP contribution >= 0.6 is 0 Å². The molecule has 2 nitrogen and oxygen atoms in total. The Morgan fingerprint density at radius 3 is 2.71 bits per heavy atom. The first-order chi connectivity index (χ1) is 6.67. The highest BCUT2D eigenvalue weighted by Gasteiger charge is 2.31. The molecule has 0 radical (unpaired) electrons. The summed E-state index contributed by atoms with van der Waals surface area (Å²) in [5.74, 6) is 0. The zero-order chi connectivity index (χ0) is 10.0. The molecule has 1 aliphatic rings. The van der Waals surface area contributed by atoms with E-state index in [2.05, 4.69) is 0 Å². The topological polar surface area (TPSA) is 29.5 Å². The highest BCUT2D eigenvalue weighted by molar-refractivity contribution is 5.18. The van der Waals surface area contributed by atoms with Crippen molar-refractivity contribution >= 4 is 0 Å². The minimum absolute atomic E-state index is 0.0555. The van der Waals surface area contributed by atoms with Gasteiger partial charge >= 0.3 is 0 Å². The van der Waals surface area contributed by atoms with Crippen molar-refractivity contribution in [2.45, 2.75) is 31.5 Å². The first-order valence-corrected chi connectivity index (χ1v) is 5.06. The lowest BCUT2D eigenvalue weighted by Gasteiger charge is -2.34. The molecule has 1 aliphatic heterocycles. The predicted molar refractivity (Wildman–Crippen MR) is 55.0 cm³/mol. The van der Waals surface area contributed by atoms with Gasteiger partial charge in [-0.25, -0.2) is 0 Å². The van der Waals surface area contributed by atoms with Crippen molar-refractivity contribution in [2.24, 2.45) is 0 Å². The van der Waals surface area contributed by atoms with E-state index in [-0.39, 0.29) is 6.10 Å². The molecule has 0 aromatic heterocycles. The van der Waals surface area contributed by atoms with Gasteiger partial charge in [0.25, 0.3) is 0 Å². The zero-order valence-electron chi connectivity index (χ0n) is 8.44. The fourth-order valence-corrected chi connectivity index (χ4v) is 1.86. The van der Waals surface area contributed by atoms with E-state index in [1.165, 1.54) is 0 Å². The number of aliphatic hydroxyl groups is 1. The van der Waals surface area contributed by atoms with Crippen molar-refractivity contribution in [1.82, 2.24) is 0 Å². The average Bonchev–Trinajstić information content (AvgIpc) is 2.18. The SMILES string of the molecule is C[C@]1(O)CCO[C@@H](c2ccccc2)C1. The summed E-state index contributed by atoms with van der Waals surface area (Å²) in [6.45, 7) is 2.53. The Morgan fingerprint density at radius 1 is 1.36 bits per heavy atom. The molecule has 0 unspecified atom stereocenters. The largest absolute Gasteiger partial charge is 0.390 e. The second-order valence-electron chi connectivity index (χ2n) is 4.22. The minimum atomic E-state index is -0.571. The zero-order valence-corrected chi connectivity index (χ0v) is 8.44. The van der Waals surface area contributed by atoms with E-state index >= 15 is 0 Å². The van der Waals surface area contributed by atoms with Crippen LogP contribution in [-0.2, 0) is 4.74 Å². The molecule has 1 saturated heterocycles. The molecule has 0 saturated carbocycles. The molecule has 2 rings (SSSR count). The summed E-state index contributed by atoms with van der Waals surface area (Å²) in [6, 6.07) is 10.1. The van der Waals surface area contributed by atoms with E-state index in [4.69, 9.17) is 4.74 Å². The van der Waals surface area contributed by atoms with Crippen LogP contribution in [0.3, 0.4) is 0 Å². The van der Waals surface area contributed by atoms with Gasteiger partial charge in [-0.05, 0) is 18.9 Å². The minimum Gasteiger partial charge on any atom is -0.390 e. The van der Waals surface area contributed by atoms with Gasteiger partial charge in [0.2, 0.25) is 0 Å². The molecule has 1 aromatic rings. The third kappa shape index (κ3) is 2.14. The maximum atomic E-state index is 9.93. The van der Waals surface area contributed by atoms with Crippen molar-refractivity contribution in [3.63, 3.8) is 0 Å². The molecule has 2 heteroatoms. The highest BCUT2D eigenvalue weighted by Crippen LogP contribution is 2.33. The van der Waals surface area contributed by atoms with E-state index in [9.17, 15) is 5.11 Å². The number of benzene rings is 1. The number of rotatable bonds is 1. The standard InChI is InChI=1S/C12H16O2/c1-12(13)7-8-14-11(9-12)10-5-3-2-4-6-10/h2-6,11,13H,7-9H2,1H3/t11-,12+/m1/s1. The molecule has 0 amide bonds. The summed E-state index contributed by atoms with van der Waals surface area (Å²) in [4.78, 5) is 0. The monoisotopic (exact) mass is 192 g/mol. The van der Waals surface area contributed by atoms with Crippen LogP contribution in [0.1, 0.15) is 31.4 Å². The first kappa shape index (κ1) is 9.69. The Kier molecular flexibility index (Phi) is 2.57. The second-order valence-corrected chi connectivity index (χ2v) is 4.22. The van der Waals surface area contributed by atoms with Crippen molar-refractivity contribution in [3.05, 3.63) is 35.9 Å². The third-order valence-corrected chi connectivity index (χ3v) is 2.76. The van der Waals surface area contributed by atoms with Crippen LogP contribution in [0.25, 0.3) is 0 Å². The Labute approximate surface area is 84.5 Å². The van der Waals surface area contributed by atoms with Gasteiger partial charge in [-0.1, -0.05) is 30.3 Å². The van der Waals surface area contributed by atoms with Crippen molar-refractivity contribution in [2.75, 3.05) is 6.61 Å². The summed E-state index contributed by atoms with van der Waals surface area (Å²) >= 11 is 0. The Bertz CT molecular complexity index is 292. The molecule has 0 spiro atoms. The fraction of sp³-hybridized carbons (Fsp3) is 0.500. The van der Waals surface area contributed by atoms with Gasteiger partial charge in [0.1, 0.15) is 0 Å². The normalized spacial score (nSPS) is 32.9.